The lowest BCUT2D eigenvalue weighted by molar-refractivity contribution is -0.129. The highest BCUT2D eigenvalue weighted by Crippen LogP contribution is 2.18. The molecule has 0 saturated heterocycles. The number of hydrogen-bond donors (Lipinski definition) is 0. The van der Waals surface area contributed by atoms with Gasteiger partial charge in [0, 0.05) is 22.9 Å². The molecule has 0 radical (unpaired) electrons. The third-order valence-electron chi connectivity index (χ3n) is 3.75. The molecule has 26 heavy (non-hydrogen) atoms. The van der Waals surface area contributed by atoms with Gasteiger partial charge in [-0.05, 0) is 62.4 Å². The van der Waals surface area contributed by atoms with Gasteiger partial charge in [0.15, 0.2) is 0 Å². The first-order chi connectivity index (χ1) is 12.4. The van der Waals surface area contributed by atoms with Gasteiger partial charge in [-0.1, -0.05) is 60.2 Å². The van der Waals surface area contributed by atoms with Crippen LogP contribution in [0.2, 0.25) is 0 Å². The van der Waals surface area contributed by atoms with E-state index in [2.05, 4.69) is 29.4 Å². The summed E-state index contributed by atoms with van der Waals surface area (Å²) in [5.41, 5.74) is 1.96. The van der Waals surface area contributed by atoms with Gasteiger partial charge in [0.2, 0.25) is 0 Å². The third kappa shape index (κ3) is 6.46. The van der Waals surface area contributed by atoms with Crippen LogP contribution >= 0.6 is 11.8 Å². The van der Waals surface area contributed by atoms with E-state index < -0.39 is 0 Å². The highest BCUT2D eigenvalue weighted by Gasteiger charge is 2.25. The smallest absolute Gasteiger partial charge is 0.300 e. The van der Waals surface area contributed by atoms with Gasteiger partial charge in [-0.2, -0.15) is 0 Å². The number of thioether (sulfide) groups is 1. The summed E-state index contributed by atoms with van der Waals surface area (Å²) in [5, 5.41) is 2.93. The molecule has 0 aliphatic heterocycles. The van der Waals surface area contributed by atoms with E-state index in [0.717, 1.165) is 16.0 Å². The van der Waals surface area contributed by atoms with Crippen molar-refractivity contribution in [3.8, 4) is 11.2 Å². The Morgan fingerprint density at radius 3 is 2.19 bits per heavy atom. The molecule has 0 aliphatic rings. The summed E-state index contributed by atoms with van der Waals surface area (Å²) in [7, 11) is 0. The summed E-state index contributed by atoms with van der Waals surface area (Å²) in [4.78, 5) is 15.5. The van der Waals surface area contributed by atoms with Crippen molar-refractivity contribution in [2.75, 3.05) is 6.54 Å². The first-order valence-corrected chi connectivity index (χ1v) is 9.44. The van der Waals surface area contributed by atoms with Crippen LogP contribution in [-0.2, 0) is 4.79 Å². The van der Waals surface area contributed by atoms with Crippen molar-refractivity contribution in [2.45, 2.75) is 38.1 Å². The summed E-state index contributed by atoms with van der Waals surface area (Å²) in [6.45, 7) is 8.71. The van der Waals surface area contributed by atoms with E-state index >= 15 is 0 Å². The molecule has 2 aromatic carbocycles. The van der Waals surface area contributed by atoms with Crippen molar-refractivity contribution < 1.29 is 4.79 Å². The van der Waals surface area contributed by atoms with Crippen LogP contribution < -0.4 is 0 Å². The Balaban J connectivity index is 2.10. The molecular formula is C23H25NOS. The highest BCUT2D eigenvalue weighted by molar-refractivity contribution is 8.04. The lowest BCUT2D eigenvalue weighted by atomic mass is 10.0. The van der Waals surface area contributed by atoms with Crippen LogP contribution in [0, 0.1) is 11.2 Å². The zero-order valence-electron chi connectivity index (χ0n) is 15.8. The van der Waals surface area contributed by atoms with Crippen LogP contribution in [-0.4, -0.2) is 22.9 Å². The third-order valence-corrected chi connectivity index (χ3v) is 4.46. The van der Waals surface area contributed by atoms with Gasteiger partial charge in [0.1, 0.15) is 0 Å². The lowest BCUT2D eigenvalue weighted by Crippen LogP contribution is -2.45. The highest BCUT2D eigenvalue weighted by atomic mass is 32.2. The summed E-state index contributed by atoms with van der Waals surface area (Å²) in [6.07, 6.45) is 2.11. The van der Waals surface area contributed by atoms with Crippen LogP contribution in [0.15, 0.2) is 71.1 Å². The fourth-order valence-corrected chi connectivity index (χ4v) is 2.98. The SMILES string of the molecule is C/C(=C/c1ccccc1)CN(C(=O)C#CSc1ccccc1)C(C)(C)C. The summed E-state index contributed by atoms with van der Waals surface area (Å²) < 4.78 is 0. The van der Waals surface area contributed by atoms with Crippen molar-refractivity contribution in [3.05, 3.63) is 71.8 Å². The van der Waals surface area contributed by atoms with Crippen LogP contribution in [0.4, 0.5) is 0 Å². The van der Waals surface area contributed by atoms with Crippen molar-refractivity contribution in [2.24, 2.45) is 0 Å². The van der Waals surface area contributed by atoms with Crippen molar-refractivity contribution in [1.82, 2.24) is 4.90 Å². The van der Waals surface area contributed by atoms with E-state index in [-0.39, 0.29) is 11.4 Å². The molecule has 2 aromatic rings. The topological polar surface area (TPSA) is 20.3 Å². The number of rotatable bonds is 4. The van der Waals surface area contributed by atoms with Crippen LogP contribution in [0.1, 0.15) is 33.3 Å². The molecule has 2 nitrogen and oxygen atoms in total. The van der Waals surface area contributed by atoms with Gasteiger partial charge in [-0.15, -0.1) is 0 Å². The fraction of sp³-hybridized carbons (Fsp3) is 0.261. The van der Waals surface area contributed by atoms with E-state index in [1.165, 1.54) is 11.8 Å². The molecule has 0 fully saturated rings. The monoisotopic (exact) mass is 363 g/mol. The Bertz CT molecular complexity index is 808. The molecule has 0 bridgehead atoms. The molecule has 0 aliphatic carbocycles. The van der Waals surface area contributed by atoms with Gasteiger partial charge >= 0.3 is 0 Å². The molecular weight excluding hydrogens is 338 g/mol. The average Bonchev–Trinajstić information content (AvgIpc) is 2.60. The normalized spacial score (nSPS) is 11.5. The molecule has 0 N–H and O–H groups in total. The maximum Gasteiger partial charge on any atom is 0.300 e. The van der Waals surface area contributed by atoms with Crippen LogP contribution in [0.25, 0.3) is 6.08 Å². The Labute approximate surface area is 161 Å². The molecule has 3 heteroatoms. The number of carbonyl (C=O) groups is 1. The van der Waals surface area contributed by atoms with E-state index in [4.69, 9.17) is 0 Å². The van der Waals surface area contributed by atoms with Gasteiger partial charge in [0.05, 0.1) is 0 Å². The summed E-state index contributed by atoms with van der Waals surface area (Å²) in [5.74, 6) is 2.63. The van der Waals surface area contributed by atoms with E-state index in [1.54, 1.807) is 0 Å². The second-order valence-electron chi connectivity index (χ2n) is 7.11. The molecule has 1 amide bonds. The quantitative estimate of drug-likeness (QED) is 0.530. The molecule has 0 unspecified atom stereocenters. The van der Waals surface area contributed by atoms with E-state index in [0.29, 0.717) is 6.54 Å². The number of carbonyl (C=O) groups excluding carboxylic acids is 1. The zero-order chi connectivity index (χ0) is 19.0. The van der Waals surface area contributed by atoms with E-state index in [1.807, 2.05) is 81.1 Å². The van der Waals surface area contributed by atoms with Crippen molar-refractivity contribution >= 4 is 23.7 Å². The number of amides is 1. The Hall–Kier alpha value is -2.44. The van der Waals surface area contributed by atoms with Gasteiger partial charge < -0.3 is 4.90 Å². The van der Waals surface area contributed by atoms with Gasteiger partial charge in [-0.3, -0.25) is 4.79 Å². The first kappa shape index (κ1) is 19.9. The maximum absolute atomic E-state index is 12.7. The fourth-order valence-electron chi connectivity index (χ4n) is 2.43. The summed E-state index contributed by atoms with van der Waals surface area (Å²) in [6, 6.07) is 20.0. The van der Waals surface area contributed by atoms with Crippen molar-refractivity contribution in [1.29, 1.82) is 0 Å². The second kappa shape index (κ2) is 9.31. The summed E-state index contributed by atoms with van der Waals surface area (Å²) >= 11 is 1.38. The minimum atomic E-state index is -0.297. The molecule has 0 heterocycles. The predicted octanol–water partition coefficient (Wildman–Crippen LogP) is 5.47. The second-order valence-corrected chi connectivity index (χ2v) is 7.99. The molecule has 0 spiro atoms. The van der Waals surface area contributed by atoms with E-state index in [9.17, 15) is 4.79 Å². The Kier molecular flexibility index (Phi) is 7.12. The minimum Gasteiger partial charge on any atom is -0.323 e. The molecule has 134 valence electrons. The number of hydrogen-bond acceptors (Lipinski definition) is 2. The van der Waals surface area contributed by atoms with Crippen LogP contribution in [0.5, 0.6) is 0 Å². The largest absolute Gasteiger partial charge is 0.323 e. The molecule has 2 rings (SSSR count). The average molecular weight is 364 g/mol. The van der Waals surface area contributed by atoms with Gasteiger partial charge in [-0.25, -0.2) is 0 Å². The van der Waals surface area contributed by atoms with Crippen molar-refractivity contribution in [3.63, 3.8) is 0 Å². The predicted molar refractivity (Wildman–Crippen MR) is 112 cm³/mol. The first-order valence-electron chi connectivity index (χ1n) is 8.63. The number of benzene rings is 2. The van der Waals surface area contributed by atoms with Gasteiger partial charge in [0.25, 0.3) is 5.91 Å². The molecule has 0 saturated carbocycles. The minimum absolute atomic E-state index is 0.151. The Morgan fingerprint density at radius 1 is 1.04 bits per heavy atom. The Morgan fingerprint density at radius 2 is 1.62 bits per heavy atom. The lowest BCUT2D eigenvalue weighted by Gasteiger charge is -2.34. The maximum atomic E-state index is 12.7. The van der Waals surface area contributed by atoms with Crippen LogP contribution in [0.3, 0.4) is 0 Å². The standard InChI is InChI=1S/C23H25NOS/c1-19(17-20-11-7-5-8-12-20)18-24(23(2,3)4)22(25)15-16-26-21-13-9-6-10-14-21/h5-14,17H,18H2,1-4H3/b19-17-. The zero-order valence-corrected chi connectivity index (χ0v) is 16.6. The number of nitrogens with zero attached hydrogens (tertiary/aromatic N) is 1. The molecule has 0 atom stereocenters. The molecule has 0 aromatic heterocycles.